The molecule has 1 heterocycles. The lowest BCUT2D eigenvalue weighted by Gasteiger charge is -2.29. The number of carbonyl (C=O) groups excluding carboxylic acids is 1. The third-order valence-corrected chi connectivity index (χ3v) is 2.02. The largest absolute Gasteiger partial charge is 0.341 e. The van der Waals surface area contributed by atoms with Crippen molar-refractivity contribution < 1.29 is 4.79 Å². The molecule has 2 amide bonds. The second-order valence-corrected chi connectivity index (χ2v) is 3.43. The summed E-state index contributed by atoms with van der Waals surface area (Å²) in [6, 6.07) is 0.0225. The van der Waals surface area contributed by atoms with Crippen molar-refractivity contribution in [3.05, 3.63) is 11.6 Å². The number of hydrogen-bond acceptors (Lipinski definition) is 1. The lowest BCUT2D eigenvalue weighted by molar-refractivity contribution is 0.197. The third-order valence-electron chi connectivity index (χ3n) is 2.02. The van der Waals surface area contributed by atoms with E-state index in [1.165, 1.54) is 5.57 Å². The summed E-state index contributed by atoms with van der Waals surface area (Å²) >= 11 is 0. The first kappa shape index (κ1) is 9.10. The predicted molar refractivity (Wildman–Crippen MR) is 48.9 cm³/mol. The Bertz CT molecular complexity index is 211. The molecule has 0 spiro atoms. The molecule has 1 unspecified atom stereocenters. The molecule has 0 bridgehead atoms. The predicted octanol–water partition coefficient (Wildman–Crippen LogP) is 1.22. The van der Waals surface area contributed by atoms with Crippen LogP contribution in [0.4, 0.5) is 4.79 Å². The van der Waals surface area contributed by atoms with E-state index in [2.05, 4.69) is 25.2 Å². The molecule has 1 rings (SSSR count). The van der Waals surface area contributed by atoms with Crippen molar-refractivity contribution in [3.8, 4) is 0 Å². The van der Waals surface area contributed by atoms with E-state index in [0.717, 1.165) is 13.1 Å². The first-order chi connectivity index (χ1) is 5.63. The molecule has 0 saturated carbocycles. The number of amides is 2. The van der Waals surface area contributed by atoms with Crippen LogP contribution in [0, 0.1) is 5.92 Å². The summed E-state index contributed by atoms with van der Waals surface area (Å²) in [5.41, 5.74) is 1.28. The lowest BCUT2D eigenvalue weighted by atomic mass is 10.0. The number of rotatable bonds is 0. The number of nitrogens with zero attached hydrogens (tertiary/aromatic N) is 1. The summed E-state index contributed by atoms with van der Waals surface area (Å²) in [7, 11) is 1.67. The topological polar surface area (TPSA) is 32.3 Å². The monoisotopic (exact) mass is 168 g/mol. The van der Waals surface area contributed by atoms with Gasteiger partial charge in [0.05, 0.1) is 0 Å². The Morgan fingerprint density at radius 1 is 1.75 bits per heavy atom. The van der Waals surface area contributed by atoms with Crippen molar-refractivity contribution >= 4 is 6.03 Å². The smallest absolute Gasteiger partial charge is 0.317 e. The Kier molecular flexibility index (Phi) is 2.74. The fraction of sp³-hybridized carbons (Fsp3) is 0.667. The van der Waals surface area contributed by atoms with Crippen LogP contribution < -0.4 is 5.32 Å². The van der Waals surface area contributed by atoms with Gasteiger partial charge in [-0.25, -0.2) is 4.79 Å². The summed E-state index contributed by atoms with van der Waals surface area (Å²) < 4.78 is 0. The summed E-state index contributed by atoms with van der Waals surface area (Å²) in [5, 5.41) is 2.64. The average Bonchev–Trinajstić information content (AvgIpc) is 2.01. The Morgan fingerprint density at radius 3 is 2.92 bits per heavy atom. The molecule has 12 heavy (non-hydrogen) atoms. The van der Waals surface area contributed by atoms with E-state index in [9.17, 15) is 4.79 Å². The van der Waals surface area contributed by atoms with E-state index in [0.29, 0.717) is 5.92 Å². The number of carbonyl (C=O) groups is 1. The molecule has 1 atom stereocenters. The SMILES string of the molecule is CNC(=O)N1CC(C)=CC(C)C1. The Labute approximate surface area is 73.4 Å². The second kappa shape index (κ2) is 3.61. The first-order valence-electron chi connectivity index (χ1n) is 4.27. The van der Waals surface area contributed by atoms with Crippen LogP contribution in [0.1, 0.15) is 13.8 Å². The molecular formula is C9H16N2O. The second-order valence-electron chi connectivity index (χ2n) is 3.43. The van der Waals surface area contributed by atoms with Crippen molar-refractivity contribution in [2.24, 2.45) is 5.92 Å². The van der Waals surface area contributed by atoms with Gasteiger partial charge in [0.15, 0.2) is 0 Å². The normalized spacial score (nSPS) is 23.4. The fourth-order valence-electron chi connectivity index (χ4n) is 1.62. The van der Waals surface area contributed by atoms with E-state index in [4.69, 9.17) is 0 Å². The minimum absolute atomic E-state index is 0.0225. The molecular weight excluding hydrogens is 152 g/mol. The van der Waals surface area contributed by atoms with Crippen LogP contribution in [-0.2, 0) is 0 Å². The summed E-state index contributed by atoms with van der Waals surface area (Å²) in [6.07, 6.45) is 2.22. The zero-order chi connectivity index (χ0) is 9.14. The van der Waals surface area contributed by atoms with Gasteiger partial charge in [-0.15, -0.1) is 0 Å². The Hall–Kier alpha value is -0.990. The highest BCUT2D eigenvalue weighted by molar-refractivity contribution is 5.74. The molecule has 3 nitrogen and oxygen atoms in total. The zero-order valence-electron chi connectivity index (χ0n) is 7.92. The molecule has 0 aromatic carbocycles. The van der Waals surface area contributed by atoms with Gasteiger partial charge < -0.3 is 10.2 Å². The van der Waals surface area contributed by atoms with Crippen LogP contribution in [0.5, 0.6) is 0 Å². The molecule has 1 N–H and O–H groups in total. The van der Waals surface area contributed by atoms with Crippen molar-refractivity contribution in [1.82, 2.24) is 10.2 Å². The third kappa shape index (κ3) is 2.00. The van der Waals surface area contributed by atoms with Crippen LogP contribution in [0.15, 0.2) is 11.6 Å². The van der Waals surface area contributed by atoms with Crippen molar-refractivity contribution in [2.75, 3.05) is 20.1 Å². The Morgan fingerprint density at radius 2 is 2.42 bits per heavy atom. The summed E-state index contributed by atoms with van der Waals surface area (Å²) in [5.74, 6) is 0.482. The maximum absolute atomic E-state index is 11.2. The van der Waals surface area contributed by atoms with Crippen LogP contribution >= 0.6 is 0 Å². The summed E-state index contributed by atoms with van der Waals surface area (Å²) in [6.45, 7) is 5.78. The number of nitrogens with one attached hydrogen (secondary N) is 1. The van der Waals surface area contributed by atoms with Gasteiger partial charge in [0, 0.05) is 20.1 Å². The van der Waals surface area contributed by atoms with Crippen molar-refractivity contribution in [3.63, 3.8) is 0 Å². The standard InChI is InChI=1S/C9H16N2O/c1-7-4-8(2)6-11(5-7)9(12)10-3/h4,7H,5-6H2,1-3H3,(H,10,12). The van der Waals surface area contributed by atoms with Gasteiger partial charge in [-0.2, -0.15) is 0 Å². The van der Waals surface area contributed by atoms with Crippen LogP contribution in [-0.4, -0.2) is 31.1 Å². The molecule has 0 fully saturated rings. The molecule has 1 aliphatic rings. The molecule has 1 aliphatic heterocycles. The van der Waals surface area contributed by atoms with Crippen LogP contribution in [0.3, 0.4) is 0 Å². The van der Waals surface area contributed by atoms with E-state index in [1.54, 1.807) is 7.05 Å². The van der Waals surface area contributed by atoms with E-state index in [-0.39, 0.29) is 6.03 Å². The van der Waals surface area contributed by atoms with E-state index < -0.39 is 0 Å². The van der Waals surface area contributed by atoms with Gasteiger partial charge >= 0.3 is 6.03 Å². The highest BCUT2D eigenvalue weighted by Crippen LogP contribution is 2.13. The van der Waals surface area contributed by atoms with Crippen LogP contribution in [0.2, 0.25) is 0 Å². The number of urea groups is 1. The van der Waals surface area contributed by atoms with Gasteiger partial charge in [-0.3, -0.25) is 0 Å². The fourth-order valence-corrected chi connectivity index (χ4v) is 1.62. The highest BCUT2D eigenvalue weighted by Gasteiger charge is 2.18. The quantitative estimate of drug-likeness (QED) is 0.542. The van der Waals surface area contributed by atoms with Gasteiger partial charge in [0.2, 0.25) is 0 Å². The van der Waals surface area contributed by atoms with Gasteiger partial charge in [0.1, 0.15) is 0 Å². The number of hydrogen-bond donors (Lipinski definition) is 1. The molecule has 0 aromatic rings. The minimum Gasteiger partial charge on any atom is -0.341 e. The minimum atomic E-state index is 0.0225. The molecule has 0 saturated heterocycles. The van der Waals surface area contributed by atoms with E-state index in [1.807, 2.05) is 4.90 Å². The van der Waals surface area contributed by atoms with Crippen molar-refractivity contribution in [1.29, 1.82) is 0 Å². The van der Waals surface area contributed by atoms with E-state index >= 15 is 0 Å². The molecule has 0 aromatic heterocycles. The van der Waals surface area contributed by atoms with Crippen molar-refractivity contribution in [2.45, 2.75) is 13.8 Å². The average molecular weight is 168 g/mol. The molecule has 0 aliphatic carbocycles. The van der Waals surface area contributed by atoms with Gasteiger partial charge in [0.25, 0.3) is 0 Å². The molecule has 0 radical (unpaired) electrons. The molecule has 68 valence electrons. The molecule has 3 heteroatoms. The highest BCUT2D eigenvalue weighted by atomic mass is 16.2. The maximum atomic E-state index is 11.2. The van der Waals surface area contributed by atoms with Gasteiger partial charge in [-0.1, -0.05) is 18.6 Å². The maximum Gasteiger partial charge on any atom is 0.317 e. The Balaban J connectivity index is 2.61. The van der Waals surface area contributed by atoms with Gasteiger partial charge in [-0.05, 0) is 12.8 Å². The zero-order valence-corrected chi connectivity index (χ0v) is 7.92. The van der Waals surface area contributed by atoms with Crippen LogP contribution in [0.25, 0.3) is 0 Å². The lowest BCUT2D eigenvalue weighted by Crippen LogP contribution is -2.43. The first-order valence-corrected chi connectivity index (χ1v) is 4.27. The summed E-state index contributed by atoms with van der Waals surface area (Å²) in [4.78, 5) is 13.1.